The molecule has 2 unspecified atom stereocenters. The van der Waals surface area contributed by atoms with Crippen molar-refractivity contribution in [3.63, 3.8) is 0 Å². The van der Waals surface area contributed by atoms with Gasteiger partial charge in [-0.25, -0.2) is 0 Å². The van der Waals surface area contributed by atoms with Crippen molar-refractivity contribution in [1.82, 2.24) is 0 Å². The van der Waals surface area contributed by atoms with Crippen molar-refractivity contribution in [3.8, 4) is 0 Å². The number of rotatable bonds is 2. The van der Waals surface area contributed by atoms with Crippen molar-refractivity contribution in [1.29, 1.82) is 0 Å². The molecule has 0 radical (unpaired) electrons. The van der Waals surface area contributed by atoms with Crippen LogP contribution in [0.3, 0.4) is 0 Å². The first kappa shape index (κ1) is 8.60. The second-order valence-corrected chi connectivity index (χ2v) is 5.06. The number of hydrogen-bond donors (Lipinski definition) is 1. The van der Waals surface area contributed by atoms with E-state index in [1.807, 2.05) is 28.6 Å². The number of aliphatic hydroxyl groups excluding tert-OH is 1. The van der Waals surface area contributed by atoms with E-state index in [2.05, 4.69) is 0 Å². The average Bonchev–Trinajstić information content (AvgIpc) is 2.77. The molecule has 0 aromatic carbocycles. The summed E-state index contributed by atoms with van der Waals surface area (Å²) in [5.41, 5.74) is 1.10. The summed E-state index contributed by atoms with van der Waals surface area (Å²) in [4.78, 5) is 0. The van der Waals surface area contributed by atoms with Gasteiger partial charge in [-0.05, 0) is 46.2 Å². The molecule has 0 spiro atoms. The average molecular weight is 200 g/mol. The first-order valence-corrected chi connectivity index (χ1v) is 6.25. The normalized spacial score (nSPS) is 25.9. The molecule has 2 rings (SSSR count). The van der Waals surface area contributed by atoms with Crippen LogP contribution < -0.4 is 0 Å². The SMILES string of the molecule is OC(c1ccsc1)C1CCSC1. The van der Waals surface area contributed by atoms with Gasteiger partial charge in [0.15, 0.2) is 0 Å². The maximum atomic E-state index is 9.90. The monoisotopic (exact) mass is 200 g/mol. The molecule has 1 fully saturated rings. The summed E-state index contributed by atoms with van der Waals surface area (Å²) in [6, 6.07) is 2.03. The summed E-state index contributed by atoms with van der Waals surface area (Å²) in [5.74, 6) is 2.83. The Balaban J connectivity index is 2.04. The molecule has 2 atom stereocenters. The van der Waals surface area contributed by atoms with Crippen molar-refractivity contribution >= 4 is 23.1 Å². The van der Waals surface area contributed by atoms with Crippen LogP contribution in [0, 0.1) is 5.92 Å². The van der Waals surface area contributed by atoms with E-state index < -0.39 is 0 Å². The zero-order valence-corrected chi connectivity index (χ0v) is 8.40. The second-order valence-electron chi connectivity index (χ2n) is 3.13. The topological polar surface area (TPSA) is 20.2 Å². The predicted octanol–water partition coefficient (Wildman–Crippen LogP) is 2.53. The van der Waals surface area contributed by atoms with Crippen molar-refractivity contribution in [2.45, 2.75) is 12.5 Å². The van der Waals surface area contributed by atoms with Crippen LogP contribution in [0.25, 0.3) is 0 Å². The van der Waals surface area contributed by atoms with Crippen LogP contribution in [0.5, 0.6) is 0 Å². The highest BCUT2D eigenvalue weighted by Gasteiger charge is 2.24. The first-order chi connectivity index (χ1) is 5.88. The lowest BCUT2D eigenvalue weighted by Crippen LogP contribution is -2.10. The van der Waals surface area contributed by atoms with Crippen LogP contribution in [-0.2, 0) is 0 Å². The first-order valence-electron chi connectivity index (χ1n) is 4.16. The van der Waals surface area contributed by atoms with Crippen molar-refractivity contribution in [2.24, 2.45) is 5.92 Å². The van der Waals surface area contributed by atoms with Gasteiger partial charge >= 0.3 is 0 Å². The molecule has 0 bridgehead atoms. The van der Waals surface area contributed by atoms with Gasteiger partial charge in [-0.3, -0.25) is 0 Å². The lowest BCUT2D eigenvalue weighted by Gasteiger charge is -2.15. The summed E-state index contributed by atoms with van der Waals surface area (Å²) in [7, 11) is 0. The van der Waals surface area contributed by atoms with Crippen LogP contribution in [0.1, 0.15) is 18.1 Å². The molecular weight excluding hydrogens is 188 g/mol. The van der Waals surface area contributed by atoms with Crippen LogP contribution in [0.15, 0.2) is 16.8 Å². The minimum atomic E-state index is -0.216. The van der Waals surface area contributed by atoms with E-state index in [9.17, 15) is 5.11 Å². The number of thioether (sulfide) groups is 1. The highest BCUT2D eigenvalue weighted by Crippen LogP contribution is 2.34. The van der Waals surface area contributed by atoms with Crippen molar-refractivity contribution in [3.05, 3.63) is 22.4 Å². The molecule has 1 nitrogen and oxygen atoms in total. The largest absolute Gasteiger partial charge is 0.388 e. The smallest absolute Gasteiger partial charge is 0.0834 e. The van der Waals surface area contributed by atoms with E-state index in [1.165, 1.54) is 12.2 Å². The molecule has 0 saturated carbocycles. The Kier molecular flexibility index (Phi) is 2.73. The van der Waals surface area contributed by atoms with Gasteiger partial charge in [-0.15, -0.1) is 0 Å². The highest BCUT2D eigenvalue weighted by molar-refractivity contribution is 7.99. The molecule has 1 aromatic rings. The van der Waals surface area contributed by atoms with E-state index in [0.717, 1.165) is 11.3 Å². The second kappa shape index (κ2) is 3.81. The molecule has 1 aromatic heterocycles. The molecule has 1 aliphatic heterocycles. The standard InChI is InChI=1S/C9H12OS2/c10-9(7-1-3-11-5-7)8-2-4-12-6-8/h1,3,5,8-10H,2,4,6H2. The fraction of sp³-hybridized carbons (Fsp3) is 0.556. The molecule has 2 heterocycles. The van der Waals surface area contributed by atoms with Gasteiger partial charge in [-0.2, -0.15) is 23.1 Å². The van der Waals surface area contributed by atoms with Gasteiger partial charge in [0.1, 0.15) is 0 Å². The third kappa shape index (κ3) is 1.68. The minimum Gasteiger partial charge on any atom is -0.388 e. The van der Waals surface area contributed by atoms with Gasteiger partial charge < -0.3 is 5.11 Å². The molecule has 1 saturated heterocycles. The quantitative estimate of drug-likeness (QED) is 0.791. The zero-order valence-electron chi connectivity index (χ0n) is 6.77. The molecule has 12 heavy (non-hydrogen) atoms. The lowest BCUT2D eigenvalue weighted by atomic mass is 9.97. The van der Waals surface area contributed by atoms with Crippen molar-refractivity contribution < 1.29 is 5.11 Å². The number of aliphatic hydroxyl groups is 1. The number of hydrogen-bond acceptors (Lipinski definition) is 3. The molecule has 1 aliphatic rings. The third-order valence-corrected chi connectivity index (χ3v) is 4.19. The molecule has 0 amide bonds. The summed E-state index contributed by atoms with van der Waals surface area (Å²) >= 11 is 3.61. The van der Waals surface area contributed by atoms with E-state index in [-0.39, 0.29) is 6.10 Å². The van der Waals surface area contributed by atoms with Crippen molar-refractivity contribution in [2.75, 3.05) is 11.5 Å². The molecule has 3 heteroatoms. The molecular formula is C9H12OS2. The van der Waals surface area contributed by atoms with Crippen LogP contribution in [0.2, 0.25) is 0 Å². The Bertz CT molecular complexity index is 227. The molecule has 1 N–H and O–H groups in total. The fourth-order valence-electron chi connectivity index (χ4n) is 1.52. The van der Waals surface area contributed by atoms with Gasteiger partial charge in [0.05, 0.1) is 6.10 Å². The van der Waals surface area contributed by atoms with Gasteiger partial charge in [0.2, 0.25) is 0 Å². The van der Waals surface area contributed by atoms with E-state index in [4.69, 9.17) is 0 Å². The third-order valence-electron chi connectivity index (χ3n) is 2.30. The predicted molar refractivity (Wildman–Crippen MR) is 54.7 cm³/mol. The summed E-state index contributed by atoms with van der Waals surface area (Å²) < 4.78 is 0. The Morgan fingerprint density at radius 2 is 2.50 bits per heavy atom. The highest BCUT2D eigenvalue weighted by atomic mass is 32.2. The Labute approximate surface area is 80.8 Å². The summed E-state index contributed by atoms with van der Waals surface area (Å²) in [6.45, 7) is 0. The summed E-state index contributed by atoms with van der Waals surface area (Å²) in [5, 5.41) is 14.0. The van der Waals surface area contributed by atoms with Gasteiger partial charge in [-0.1, -0.05) is 0 Å². The van der Waals surface area contributed by atoms with Crippen LogP contribution >= 0.6 is 23.1 Å². The molecule has 66 valence electrons. The maximum absolute atomic E-state index is 9.90. The zero-order chi connectivity index (χ0) is 8.39. The van der Waals surface area contributed by atoms with Gasteiger partial charge in [0, 0.05) is 0 Å². The van der Waals surface area contributed by atoms with Crippen LogP contribution in [-0.4, -0.2) is 16.6 Å². The minimum absolute atomic E-state index is 0.216. The van der Waals surface area contributed by atoms with E-state index in [1.54, 1.807) is 11.3 Å². The Morgan fingerprint density at radius 1 is 1.58 bits per heavy atom. The Hall–Kier alpha value is 0.01000. The summed E-state index contributed by atoms with van der Waals surface area (Å²) in [6.07, 6.45) is 0.952. The lowest BCUT2D eigenvalue weighted by molar-refractivity contribution is 0.122. The Morgan fingerprint density at radius 3 is 3.08 bits per heavy atom. The fourth-order valence-corrected chi connectivity index (χ4v) is 3.49. The van der Waals surface area contributed by atoms with Gasteiger partial charge in [0.25, 0.3) is 0 Å². The maximum Gasteiger partial charge on any atom is 0.0834 e. The molecule has 0 aliphatic carbocycles. The van der Waals surface area contributed by atoms with Crippen LogP contribution in [0.4, 0.5) is 0 Å². The van der Waals surface area contributed by atoms with E-state index in [0.29, 0.717) is 5.92 Å². The van der Waals surface area contributed by atoms with E-state index >= 15 is 0 Å². The number of thiophene rings is 1.